The van der Waals surface area contributed by atoms with E-state index in [9.17, 15) is 22.0 Å². The van der Waals surface area contributed by atoms with E-state index in [2.05, 4.69) is 15.4 Å². The van der Waals surface area contributed by atoms with Crippen molar-refractivity contribution in [3.05, 3.63) is 65.9 Å². The van der Waals surface area contributed by atoms with Crippen molar-refractivity contribution in [2.45, 2.75) is 24.7 Å². The van der Waals surface area contributed by atoms with Crippen molar-refractivity contribution in [3.63, 3.8) is 0 Å². The van der Waals surface area contributed by atoms with Crippen LogP contribution < -0.4 is 5.32 Å². The fourth-order valence-corrected chi connectivity index (χ4v) is 6.56. The van der Waals surface area contributed by atoms with Crippen LogP contribution in [0.25, 0.3) is 15.3 Å². The molecule has 182 valence electrons. The van der Waals surface area contributed by atoms with Gasteiger partial charge in [0.15, 0.2) is 0 Å². The van der Waals surface area contributed by atoms with E-state index in [-0.39, 0.29) is 29.4 Å². The predicted octanol–water partition coefficient (Wildman–Crippen LogP) is 4.11. The van der Waals surface area contributed by atoms with Gasteiger partial charge in [-0.2, -0.15) is 14.1 Å². The summed E-state index contributed by atoms with van der Waals surface area (Å²) in [5, 5.41) is 7.64. The maximum absolute atomic E-state index is 14.1. The Kier molecular flexibility index (Phi) is 6.11. The van der Waals surface area contributed by atoms with E-state index in [0.717, 1.165) is 12.1 Å². The summed E-state index contributed by atoms with van der Waals surface area (Å²) in [5.41, 5.74) is 0.857. The molecule has 2 aromatic heterocycles. The lowest BCUT2D eigenvalue weighted by atomic mass is 9.99. The summed E-state index contributed by atoms with van der Waals surface area (Å²) in [6.07, 6.45) is 1.02. The second-order valence-corrected chi connectivity index (χ2v) is 11.3. The van der Waals surface area contributed by atoms with Crippen LogP contribution in [0.5, 0.6) is 0 Å². The molecular formula is C23H21F2N5O3S2. The number of hydrogen-bond donors (Lipinski definition) is 1. The van der Waals surface area contributed by atoms with Crippen molar-refractivity contribution in [1.82, 2.24) is 19.1 Å². The topological polar surface area (TPSA) is 97.2 Å². The zero-order valence-electron chi connectivity index (χ0n) is 18.6. The molecule has 12 heteroatoms. The molecule has 35 heavy (non-hydrogen) atoms. The van der Waals surface area contributed by atoms with Gasteiger partial charge in [-0.25, -0.2) is 22.2 Å². The molecule has 0 spiro atoms. The number of rotatable bonds is 5. The number of carbonyl (C=O) groups is 1. The van der Waals surface area contributed by atoms with Gasteiger partial charge in [0, 0.05) is 19.2 Å². The Hall–Kier alpha value is -3.22. The summed E-state index contributed by atoms with van der Waals surface area (Å²) >= 11 is 1.24. The van der Waals surface area contributed by atoms with E-state index in [4.69, 9.17) is 0 Å². The molecule has 5 rings (SSSR count). The van der Waals surface area contributed by atoms with Crippen LogP contribution in [0, 0.1) is 24.5 Å². The molecule has 0 saturated carbocycles. The minimum Gasteiger partial charge on any atom is -0.310 e. The molecule has 2 aromatic carbocycles. The highest BCUT2D eigenvalue weighted by Crippen LogP contribution is 2.30. The zero-order chi connectivity index (χ0) is 24.7. The molecule has 1 aliphatic rings. The molecule has 1 unspecified atom stereocenters. The summed E-state index contributed by atoms with van der Waals surface area (Å²) in [6, 6.07) is 11.0. The molecule has 3 heterocycles. The Bertz CT molecular complexity index is 1520. The fraction of sp³-hybridized carbons (Fsp3) is 0.261. The monoisotopic (exact) mass is 517 g/mol. The molecule has 1 amide bonds. The molecule has 8 nitrogen and oxygen atoms in total. The second-order valence-electron chi connectivity index (χ2n) is 8.31. The molecule has 1 fully saturated rings. The predicted molar refractivity (Wildman–Crippen MR) is 128 cm³/mol. The van der Waals surface area contributed by atoms with E-state index in [1.54, 1.807) is 25.1 Å². The van der Waals surface area contributed by atoms with E-state index < -0.39 is 27.6 Å². The van der Waals surface area contributed by atoms with Crippen LogP contribution in [0.15, 0.2) is 53.4 Å². The first-order valence-electron chi connectivity index (χ1n) is 10.9. The zero-order valence-corrected chi connectivity index (χ0v) is 20.2. The number of benzene rings is 2. The second kappa shape index (κ2) is 9.10. The van der Waals surface area contributed by atoms with E-state index in [0.29, 0.717) is 34.2 Å². The Morgan fingerprint density at radius 2 is 1.94 bits per heavy atom. The van der Waals surface area contributed by atoms with Gasteiger partial charge in [0.2, 0.25) is 21.1 Å². The van der Waals surface area contributed by atoms with Gasteiger partial charge in [-0.1, -0.05) is 17.4 Å². The number of amides is 1. The first-order chi connectivity index (χ1) is 16.7. The highest BCUT2D eigenvalue weighted by Gasteiger charge is 2.34. The summed E-state index contributed by atoms with van der Waals surface area (Å²) in [5.74, 6) is -1.54. The molecule has 1 atom stereocenters. The number of para-hydroxylation sites is 1. The lowest BCUT2D eigenvalue weighted by Gasteiger charge is -2.31. The number of nitrogens with one attached hydrogen (secondary N) is 1. The van der Waals surface area contributed by atoms with Crippen molar-refractivity contribution in [1.29, 1.82) is 0 Å². The van der Waals surface area contributed by atoms with Gasteiger partial charge in [-0.3, -0.25) is 4.79 Å². The molecule has 1 N–H and O–H groups in total. The average molecular weight is 518 g/mol. The molecular weight excluding hydrogens is 496 g/mol. The van der Waals surface area contributed by atoms with Crippen LogP contribution >= 0.6 is 11.3 Å². The number of sulfonamides is 1. The molecule has 1 aliphatic heterocycles. The maximum atomic E-state index is 14.1. The number of fused-ring (bicyclic) bond motifs is 1. The lowest BCUT2D eigenvalue weighted by Crippen LogP contribution is -2.43. The Balaban J connectivity index is 1.36. The summed E-state index contributed by atoms with van der Waals surface area (Å²) in [4.78, 5) is 17.5. The molecule has 1 saturated heterocycles. The van der Waals surface area contributed by atoms with Crippen molar-refractivity contribution in [2.75, 3.05) is 18.4 Å². The first-order valence-corrected chi connectivity index (χ1v) is 13.2. The van der Waals surface area contributed by atoms with Crippen LogP contribution in [0.1, 0.15) is 18.5 Å². The number of aryl methyl sites for hydroxylation is 1. The number of nitrogens with zero attached hydrogens (tertiary/aromatic N) is 4. The molecule has 0 radical (unpaired) electrons. The third-order valence-corrected chi connectivity index (χ3v) is 8.70. The Morgan fingerprint density at radius 1 is 1.17 bits per heavy atom. The van der Waals surface area contributed by atoms with Crippen LogP contribution in [0.2, 0.25) is 0 Å². The lowest BCUT2D eigenvalue weighted by molar-refractivity contribution is -0.120. The SMILES string of the molecule is Cc1cc(NC(=O)C2CCCN(S(=O)(=O)c3ccc(F)cc3)C2)n(-c2nc3c(F)cccc3s2)n1. The van der Waals surface area contributed by atoms with Crippen LogP contribution in [0.4, 0.5) is 14.6 Å². The smallest absolute Gasteiger partial charge is 0.243 e. The summed E-state index contributed by atoms with van der Waals surface area (Å²) in [7, 11) is -3.86. The van der Waals surface area contributed by atoms with Gasteiger partial charge in [0.25, 0.3) is 0 Å². The summed E-state index contributed by atoms with van der Waals surface area (Å²) in [6.45, 7) is 2.04. The number of aromatic nitrogens is 3. The normalized spacial score (nSPS) is 17.1. The minimum absolute atomic E-state index is 0.00497. The van der Waals surface area contributed by atoms with Crippen LogP contribution in [0.3, 0.4) is 0 Å². The highest BCUT2D eigenvalue weighted by atomic mass is 32.2. The first kappa shape index (κ1) is 23.5. The van der Waals surface area contributed by atoms with Crippen molar-refractivity contribution < 1.29 is 22.0 Å². The molecule has 0 aliphatic carbocycles. The maximum Gasteiger partial charge on any atom is 0.243 e. The van der Waals surface area contributed by atoms with Gasteiger partial charge >= 0.3 is 0 Å². The minimum atomic E-state index is -3.86. The third kappa shape index (κ3) is 4.56. The van der Waals surface area contributed by atoms with E-state index in [1.807, 2.05) is 0 Å². The van der Waals surface area contributed by atoms with Crippen LogP contribution in [-0.2, 0) is 14.8 Å². The summed E-state index contributed by atoms with van der Waals surface area (Å²) < 4.78 is 56.7. The van der Waals surface area contributed by atoms with Crippen LogP contribution in [-0.4, -0.2) is 46.5 Å². The van der Waals surface area contributed by atoms with Gasteiger partial charge < -0.3 is 5.32 Å². The third-order valence-electron chi connectivity index (χ3n) is 5.83. The van der Waals surface area contributed by atoms with Crippen molar-refractivity contribution in [2.24, 2.45) is 5.92 Å². The van der Waals surface area contributed by atoms with Gasteiger partial charge in [-0.15, -0.1) is 0 Å². The Morgan fingerprint density at radius 3 is 2.69 bits per heavy atom. The quantitative estimate of drug-likeness (QED) is 0.430. The largest absolute Gasteiger partial charge is 0.310 e. The Labute approximate surface area is 204 Å². The number of halogens is 2. The van der Waals surface area contributed by atoms with Gasteiger partial charge in [0.05, 0.1) is 21.2 Å². The number of thiazole rings is 1. The highest BCUT2D eigenvalue weighted by molar-refractivity contribution is 7.89. The van der Waals surface area contributed by atoms with Gasteiger partial charge in [0.1, 0.15) is 23.0 Å². The number of piperidine rings is 1. The number of hydrogen-bond acceptors (Lipinski definition) is 6. The fourth-order valence-electron chi connectivity index (χ4n) is 4.09. The molecule has 0 bridgehead atoms. The van der Waals surface area contributed by atoms with Gasteiger partial charge in [-0.05, 0) is 56.2 Å². The standard InChI is InChI=1S/C23H21F2N5O3S2/c1-14-12-20(30(28-14)23-27-21-18(25)5-2-6-19(21)34-23)26-22(31)15-4-3-11-29(13-15)35(32,33)17-9-7-16(24)8-10-17/h2,5-10,12,15H,3-4,11,13H2,1H3,(H,26,31). The van der Waals surface area contributed by atoms with E-state index >= 15 is 0 Å². The van der Waals surface area contributed by atoms with Crippen molar-refractivity contribution in [3.8, 4) is 5.13 Å². The van der Waals surface area contributed by atoms with E-state index in [1.165, 1.54) is 38.5 Å². The average Bonchev–Trinajstić information content (AvgIpc) is 3.43. The van der Waals surface area contributed by atoms with Crippen molar-refractivity contribution >= 4 is 43.3 Å². The number of anilines is 1. The molecule has 4 aromatic rings. The number of carbonyl (C=O) groups excluding carboxylic acids is 1.